The zero-order valence-electron chi connectivity index (χ0n) is 15.6. The Balaban J connectivity index is 1.49. The van der Waals surface area contributed by atoms with E-state index in [0.29, 0.717) is 25.8 Å². The second-order valence-electron chi connectivity index (χ2n) is 7.53. The first-order valence-electron chi connectivity index (χ1n) is 9.18. The monoisotopic (exact) mass is 439 g/mol. The molecule has 30 heavy (non-hydrogen) atoms. The second kappa shape index (κ2) is 7.95. The topological polar surface area (TPSA) is 71.5 Å². The molecule has 2 aliphatic rings. The van der Waals surface area contributed by atoms with Gasteiger partial charge in [0.15, 0.2) is 0 Å². The zero-order valence-corrected chi connectivity index (χ0v) is 15.6. The van der Waals surface area contributed by atoms with Gasteiger partial charge in [0.05, 0.1) is 0 Å². The maximum Gasteiger partial charge on any atom is 0.434 e. The summed E-state index contributed by atoms with van der Waals surface area (Å²) in [6.45, 7) is 0.148. The first-order chi connectivity index (χ1) is 13.9. The predicted molar refractivity (Wildman–Crippen MR) is 89.8 cm³/mol. The molecule has 1 aliphatic heterocycles. The van der Waals surface area contributed by atoms with Gasteiger partial charge in [-0.1, -0.05) is 6.07 Å². The number of alkyl halides is 6. The van der Waals surface area contributed by atoms with Crippen LogP contribution in [0.3, 0.4) is 0 Å². The Morgan fingerprint density at radius 3 is 2.37 bits per heavy atom. The fourth-order valence-corrected chi connectivity index (χ4v) is 3.72. The Labute approximate surface area is 167 Å². The van der Waals surface area contributed by atoms with Crippen LogP contribution in [0, 0.1) is 11.3 Å². The molecule has 1 aliphatic carbocycles. The highest BCUT2D eigenvalue weighted by atomic mass is 19.4. The Morgan fingerprint density at radius 1 is 1.20 bits per heavy atom. The number of likely N-dealkylation sites (tertiary alicyclic amines) is 1. The van der Waals surface area contributed by atoms with Crippen molar-refractivity contribution in [3.8, 4) is 0 Å². The van der Waals surface area contributed by atoms with Gasteiger partial charge in [0.1, 0.15) is 0 Å². The molecule has 2 heterocycles. The number of pyridine rings is 1. The van der Waals surface area contributed by atoms with Crippen LogP contribution in [0.4, 0.5) is 31.1 Å². The number of hydrogen-bond acceptors (Lipinski definition) is 4. The van der Waals surface area contributed by atoms with Crippen LogP contribution in [-0.4, -0.2) is 53.4 Å². The van der Waals surface area contributed by atoms with Gasteiger partial charge in [0.2, 0.25) is 5.91 Å². The third-order valence-electron chi connectivity index (χ3n) is 5.53. The Hall–Kier alpha value is -2.53. The summed E-state index contributed by atoms with van der Waals surface area (Å²) in [5, 5.41) is 2.79. The third kappa shape index (κ3) is 4.96. The van der Waals surface area contributed by atoms with E-state index in [0.717, 1.165) is 10.5 Å². The number of carbonyl (C=O) groups is 2. The molecule has 0 aromatic carbocycles. The fourth-order valence-electron chi connectivity index (χ4n) is 3.72. The van der Waals surface area contributed by atoms with Gasteiger partial charge in [0.25, 0.3) is 6.10 Å². The summed E-state index contributed by atoms with van der Waals surface area (Å²) in [5.74, 6) is -0.477. The lowest BCUT2D eigenvalue weighted by Crippen LogP contribution is -2.49. The van der Waals surface area contributed by atoms with Crippen LogP contribution in [0.2, 0.25) is 0 Å². The summed E-state index contributed by atoms with van der Waals surface area (Å²) in [7, 11) is 0. The average molecular weight is 439 g/mol. The largest absolute Gasteiger partial charge is 0.434 e. The highest BCUT2D eigenvalue weighted by Gasteiger charge is 2.61. The van der Waals surface area contributed by atoms with E-state index in [9.17, 15) is 35.9 Å². The minimum absolute atomic E-state index is 0.0757. The standard InChI is InChI=1S/C18H19F6N3O3/c19-17(20,21)14(18(22,23)24)30-15(29)27-6-3-16(4-7-27)8-12(16)13(28)26-10-11-2-1-5-25-9-11/h1-2,5,9,12,14H,3-4,6-8,10H2,(H,26,28)/t12-/m0/s1. The summed E-state index contributed by atoms with van der Waals surface area (Å²) in [5.41, 5.74) is 0.436. The number of nitrogens with zero attached hydrogens (tertiary/aromatic N) is 2. The average Bonchev–Trinajstić information content (AvgIpc) is 3.37. The van der Waals surface area contributed by atoms with Gasteiger partial charge in [-0.3, -0.25) is 9.78 Å². The summed E-state index contributed by atoms with van der Waals surface area (Å²) >= 11 is 0. The lowest BCUT2D eigenvalue weighted by atomic mass is 9.91. The van der Waals surface area contributed by atoms with Crippen molar-refractivity contribution in [2.45, 2.75) is 44.3 Å². The first-order valence-corrected chi connectivity index (χ1v) is 9.18. The van der Waals surface area contributed by atoms with Crippen LogP contribution < -0.4 is 5.32 Å². The summed E-state index contributed by atoms with van der Waals surface area (Å²) in [6.07, 6.45) is -13.0. The van der Waals surface area contributed by atoms with E-state index in [4.69, 9.17) is 0 Å². The first kappa shape index (κ1) is 22.2. The van der Waals surface area contributed by atoms with Gasteiger partial charge < -0.3 is 15.0 Å². The number of ether oxygens (including phenoxy) is 1. The normalized spacial score (nSPS) is 20.9. The van der Waals surface area contributed by atoms with Gasteiger partial charge in [0, 0.05) is 37.9 Å². The van der Waals surface area contributed by atoms with Crippen LogP contribution in [0.1, 0.15) is 24.8 Å². The summed E-state index contributed by atoms with van der Waals surface area (Å²) in [4.78, 5) is 28.9. The van der Waals surface area contributed by atoms with Crippen molar-refractivity contribution in [1.82, 2.24) is 15.2 Å². The highest BCUT2D eigenvalue weighted by molar-refractivity contribution is 5.82. The number of rotatable bonds is 4. The van der Waals surface area contributed by atoms with Crippen molar-refractivity contribution in [2.24, 2.45) is 11.3 Å². The number of amides is 2. The van der Waals surface area contributed by atoms with Crippen LogP contribution in [0.15, 0.2) is 24.5 Å². The molecule has 3 rings (SSSR count). The Kier molecular flexibility index (Phi) is 5.87. The molecule has 0 bridgehead atoms. The molecule has 1 saturated heterocycles. The van der Waals surface area contributed by atoms with Gasteiger partial charge >= 0.3 is 18.4 Å². The Bertz CT molecular complexity index is 762. The quantitative estimate of drug-likeness (QED) is 0.730. The van der Waals surface area contributed by atoms with Crippen molar-refractivity contribution in [3.05, 3.63) is 30.1 Å². The van der Waals surface area contributed by atoms with E-state index >= 15 is 0 Å². The molecule has 1 atom stereocenters. The van der Waals surface area contributed by atoms with Crippen LogP contribution in [0.5, 0.6) is 0 Å². The minimum atomic E-state index is -5.75. The number of carbonyl (C=O) groups excluding carboxylic acids is 2. The van der Waals surface area contributed by atoms with Crippen molar-refractivity contribution >= 4 is 12.0 Å². The lowest BCUT2D eigenvalue weighted by Gasteiger charge is -2.33. The lowest BCUT2D eigenvalue weighted by molar-refractivity contribution is -0.308. The molecule has 6 nitrogen and oxygen atoms in total. The number of aromatic nitrogens is 1. The molecule has 166 valence electrons. The molecule has 1 saturated carbocycles. The molecule has 2 fully saturated rings. The van der Waals surface area contributed by atoms with Crippen molar-refractivity contribution in [3.63, 3.8) is 0 Å². The molecule has 1 aromatic rings. The third-order valence-corrected chi connectivity index (χ3v) is 5.53. The van der Waals surface area contributed by atoms with E-state index in [1.807, 2.05) is 0 Å². The van der Waals surface area contributed by atoms with E-state index < -0.39 is 24.5 Å². The maximum absolute atomic E-state index is 12.5. The number of halogens is 6. The van der Waals surface area contributed by atoms with Crippen molar-refractivity contribution < 1.29 is 40.7 Å². The van der Waals surface area contributed by atoms with Gasteiger partial charge in [-0.05, 0) is 36.3 Å². The molecule has 0 unspecified atom stereocenters. The fraction of sp³-hybridized carbons (Fsp3) is 0.611. The number of hydrogen-bond donors (Lipinski definition) is 1. The van der Waals surface area contributed by atoms with Crippen LogP contribution in [-0.2, 0) is 16.1 Å². The molecule has 1 aromatic heterocycles. The van der Waals surface area contributed by atoms with E-state index in [2.05, 4.69) is 15.0 Å². The van der Waals surface area contributed by atoms with E-state index in [1.54, 1.807) is 24.5 Å². The second-order valence-corrected chi connectivity index (χ2v) is 7.53. The molecule has 0 radical (unpaired) electrons. The van der Waals surface area contributed by atoms with E-state index in [-0.39, 0.29) is 30.3 Å². The van der Waals surface area contributed by atoms with Gasteiger partial charge in [-0.25, -0.2) is 4.79 Å². The zero-order chi connectivity index (χ0) is 22.2. The number of nitrogens with one attached hydrogen (secondary N) is 1. The predicted octanol–water partition coefficient (Wildman–Crippen LogP) is 3.43. The van der Waals surface area contributed by atoms with Gasteiger partial charge in [-0.2, -0.15) is 26.3 Å². The minimum Gasteiger partial charge on any atom is -0.426 e. The molecular weight excluding hydrogens is 420 g/mol. The van der Waals surface area contributed by atoms with E-state index in [1.165, 1.54) is 0 Å². The summed E-state index contributed by atoms with van der Waals surface area (Å²) in [6, 6.07) is 3.53. The SMILES string of the molecule is O=C(NCc1cccnc1)[C@@H]1CC12CCN(C(=O)OC(C(F)(F)F)C(F)(F)F)CC2. The van der Waals surface area contributed by atoms with Crippen molar-refractivity contribution in [2.75, 3.05) is 13.1 Å². The summed E-state index contributed by atoms with van der Waals surface area (Å²) < 4.78 is 79.0. The molecule has 1 N–H and O–H groups in total. The van der Waals surface area contributed by atoms with Crippen LogP contribution >= 0.6 is 0 Å². The molecule has 1 spiro atoms. The molecule has 2 amide bonds. The maximum atomic E-state index is 12.5. The number of piperidine rings is 1. The molecule has 12 heteroatoms. The smallest absolute Gasteiger partial charge is 0.426 e. The van der Waals surface area contributed by atoms with Crippen LogP contribution in [0.25, 0.3) is 0 Å². The molecular formula is C18H19F6N3O3. The Morgan fingerprint density at radius 2 is 1.83 bits per heavy atom. The van der Waals surface area contributed by atoms with Gasteiger partial charge in [-0.15, -0.1) is 0 Å². The van der Waals surface area contributed by atoms with Crippen molar-refractivity contribution in [1.29, 1.82) is 0 Å². The highest BCUT2D eigenvalue weighted by Crippen LogP contribution is 2.59.